The number of rotatable bonds is 1. The van der Waals surface area contributed by atoms with Crippen LogP contribution in [0.2, 0.25) is 0 Å². The number of ether oxygens (including phenoxy) is 2. The molecule has 2 heteroatoms. The number of allylic oxidation sites excluding steroid dienone is 2. The number of hydrogen-bond donors (Lipinski definition) is 0. The summed E-state index contributed by atoms with van der Waals surface area (Å²) < 4.78 is 10.7. The molecule has 1 heterocycles. The Hall–Kier alpha value is -0.760. The maximum atomic E-state index is 5.35. The molecule has 0 amide bonds. The third kappa shape index (κ3) is 1.27. The minimum atomic E-state index is 0.201. The third-order valence-electron chi connectivity index (χ3n) is 2.36. The van der Waals surface area contributed by atoms with Crippen molar-refractivity contribution in [1.29, 1.82) is 0 Å². The lowest BCUT2D eigenvalue weighted by molar-refractivity contribution is 0.0508. The molecule has 0 saturated carbocycles. The van der Waals surface area contributed by atoms with Crippen LogP contribution < -0.4 is 0 Å². The van der Waals surface area contributed by atoms with Crippen molar-refractivity contribution in [3.63, 3.8) is 0 Å². The molecule has 0 aromatic carbocycles. The van der Waals surface area contributed by atoms with E-state index in [9.17, 15) is 0 Å². The monoisotopic (exact) mass is 166 g/mol. The average molecular weight is 166 g/mol. The summed E-state index contributed by atoms with van der Waals surface area (Å²) in [6.07, 6.45) is 5.53. The van der Waals surface area contributed by atoms with Crippen LogP contribution in [0.4, 0.5) is 0 Å². The zero-order chi connectivity index (χ0) is 8.55. The Labute approximate surface area is 72.9 Å². The normalized spacial score (nSPS) is 27.8. The summed E-state index contributed by atoms with van der Waals surface area (Å²) in [4.78, 5) is 0. The first kappa shape index (κ1) is 7.87. The Morgan fingerprint density at radius 3 is 3.08 bits per heavy atom. The average Bonchev–Trinajstić information content (AvgIpc) is 2.49. The van der Waals surface area contributed by atoms with Crippen LogP contribution in [0, 0.1) is 5.92 Å². The van der Waals surface area contributed by atoms with E-state index in [0.717, 1.165) is 12.2 Å². The van der Waals surface area contributed by atoms with Crippen LogP contribution in [0.5, 0.6) is 0 Å². The Morgan fingerprint density at radius 1 is 1.50 bits per heavy atom. The van der Waals surface area contributed by atoms with E-state index in [-0.39, 0.29) is 6.10 Å². The van der Waals surface area contributed by atoms with Gasteiger partial charge in [-0.15, -0.1) is 0 Å². The highest BCUT2D eigenvalue weighted by Gasteiger charge is 2.25. The molecule has 0 aromatic heterocycles. The molecule has 12 heavy (non-hydrogen) atoms. The SMILES string of the molecule is CC(C)C1=CCC2OCOC2=C1. The minimum absolute atomic E-state index is 0.201. The van der Waals surface area contributed by atoms with Gasteiger partial charge in [-0.25, -0.2) is 0 Å². The van der Waals surface area contributed by atoms with Crippen LogP contribution in [-0.4, -0.2) is 12.9 Å². The highest BCUT2D eigenvalue weighted by Crippen LogP contribution is 2.29. The second-order valence-electron chi connectivity index (χ2n) is 3.56. The molecule has 2 aliphatic rings. The van der Waals surface area contributed by atoms with Gasteiger partial charge in [0.1, 0.15) is 11.9 Å². The Morgan fingerprint density at radius 2 is 2.33 bits per heavy atom. The van der Waals surface area contributed by atoms with Crippen molar-refractivity contribution in [3.8, 4) is 0 Å². The minimum Gasteiger partial charge on any atom is -0.469 e. The van der Waals surface area contributed by atoms with Gasteiger partial charge in [-0.2, -0.15) is 0 Å². The highest BCUT2D eigenvalue weighted by molar-refractivity contribution is 5.30. The fourth-order valence-corrected chi connectivity index (χ4v) is 1.55. The highest BCUT2D eigenvalue weighted by atomic mass is 16.7. The summed E-state index contributed by atoms with van der Waals surface area (Å²) in [5, 5.41) is 0. The van der Waals surface area contributed by atoms with E-state index in [2.05, 4.69) is 26.0 Å². The van der Waals surface area contributed by atoms with Crippen LogP contribution >= 0.6 is 0 Å². The summed E-state index contributed by atoms with van der Waals surface area (Å²) in [7, 11) is 0. The molecule has 0 radical (unpaired) electrons. The van der Waals surface area contributed by atoms with E-state index in [4.69, 9.17) is 9.47 Å². The van der Waals surface area contributed by atoms with Gasteiger partial charge in [0.15, 0.2) is 6.79 Å². The zero-order valence-electron chi connectivity index (χ0n) is 7.54. The Kier molecular flexibility index (Phi) is 1.93. The summed E-state index contributed by atoms with van der Waals surface area (Å²) >= 11 is 0. The van der Waals surface area contributed by atoms with Gasteiger partial charge in [0.2, 0.25) is 0 Å². The standard InChI is InChI=1S/C10H14O2/c1-7(2)8-3-4-9-10(5-8)12-6-11-9/h3,5,7,9H,4,6H2,1-2H3. The summed E-state index contributed by atoms with van der Waals surface area (Å²) in [5.41, 5.74) is 1.37. The molecule has 0 N–H and O–H groups in total. The molecule has 2 rings (SSSR count). The van der Waals surface area contributed by atoms with Gasteiger partial charge in [0, 0.05) is 0 Å². The van der Waals surface area contributed by atoms with Crippen molar-refractivity contribution in [2.24, 2.45) is 5.92 Å². The fourth-order valence-electron chi connectivity index (χ4n) is 1.55. The van der Waals surface area contributed by atoms with Crippen molar-refractivity contribution in [1.82, 2.24) is 0 Å². The second-order valence-corrected chi connectivity index (χ2v) is 3.56. The molecule has 0 bridgehead atoms. The van der Waals surface area contributed by atoms with Crippen molar-refractivity contribution < 1.29 is 9.47 Å². The third-order valence-corrected chi connectivity index (χ3v) is 2.36. The van der Waals surface area contributed by atoms with Gasteiger partial charge in [0.05, 0.1) is 0 Å². The summed E-state index contributed by atoms with van der Waals surface area (Å²) in [6.45, 7) is 4.81. The van der Waals surface area contributed by atoms with Gasteiger partial charge in [-0.1, -0.05) is 19.9 Å². The predicted octanol–water partition coefficient (Wildman–Crippen LogP) is 2.23. The molecule has 1 aliphatic carbocycles. The largest absolute Gasteiger partial charge is 0.469 e. The molecule has 2 nitrogen and oxygen atoms in total. The van der Waals surface area contributed by atoms with Gasteiger partial charge >= 0.3 is 0 Å². The van der Waals surface area contributed by atoms with Gasteiger partial charge in [-0.05, 0) is 24.0 Å². The quantitative estimate of drug-likeness (QED) is 0.594. The number of hydrogen-bond acceptors (Lipinski definition) is 2. The van der Waals surface area contributed by atoms with Gasteiger partial charge < -0.3 is 9.47 Å². The first-order valence-corrected chi connectivity index (χ1v) is 4.43. The predicted molar refractivity (Wildman–Crippen MR) is 46.4 cm³/mol. The van der Waals surface area contributed by atoms with Crippen molar-refractivity contribution in [3.05, 3.63) is 23.5 Å². The maximum absolute atomic E-state index is 5.35. The van der Waals surface area contributed by atoms with E-state index in [1.54, 1.807) is 0 Å². The van der Waals surface area contributed by atoms with Crippen LogP contribution in [0.3, 0.4) is 0 Å². The van der Waals surface area contributed by atoms with Crippen LogP contribution in [-0.2, 0) is 9.47 Å². The van der Waals surface area contributed by atoms with Gasteiger partial charge in [0.25, 0.3) is 0 Å². The smallest absolute Gasteiger partial charge is 0.189 e. The molecule has 1 atom stereocenters. The molecule has 1 aliphatic heterocycles. The van der Waals surface area contributed by atoms with Gasteiger partial charge in [-0.3, -0.25) is 0 Å². The van der Waals surface area contributed by atoms with E-state index in [1.807, 2.05) is 0 Å². The lowest BCUT2D eigenvalue weighted by atomic mass is 9.95. The first-order chi connectivity index (χ1) is 5.77. The van der Waals surface area contributed by atoms with E-state index < -0.39 is 0 Å². The lowest BCUT2D eigenvalue weighted by Gasteiger charge is -2.16. The Balaban J connectivity index is 2.17. The molecule has 0 spiro atoms. The Bertz CT molecular complexity index is 238. The zero-order valence-corrected chi connectivity index (χ0v) is 7.54. The molecular formula is C10H14O2. The van der Waals surface area contributed by atoms with Crippen molar-refractivity contribution in [2.75, 3.05) is 6.79 Å². The molecule has 66 valence electrons. The number of fused-ring (bicyclic) bond motifs is 1. The molecule has 1 saturated heterocycles. The second kappa shape index (κ2) is 2.94. The van der Waals surface area contributed by atoms with E-state index >= 15 is 0 Å². The summed E-state index contributed by atoms with van der Waals surface area (Å²) in [6, 6.07) is 0. The lowest BCUT2D eigenvalue weighted by Crippen LogP contribution is -2.11. The van der Waals surface area contributed by atoms with Crippen molar-refractivity contribution >= 4 is 0 Å². The maximum Gasteiger partial charge on any atom is 0.189 e. The fraction of sp³-hybridized carbons (Fsp3) is 0.600. The van der Waals surface area contributed by atoms with Crippen molar-refractivity contribution in [2.45, 2.75) is 26.4 Å². The van der Waals surface area contributed by atoms with E-state index in [1.165, 1.54) is 5.57 Å². The molecule has 1 unspecified atom stereocenters. The van der Waals surface area contributed by atoms with Crippen LogP contribution in [0.25, 0.3) is 0 Å². The molecule has 0 aromatic rings. The first-order valence-electron chi connectivity index (χ1n) is 4.43. The molecule has 1 fully saturated rings. The summed E-state index contributed by atoms with van der Waals surface area (Å²) in [5.74, 6) is 1.60. The van der Waals surface area contributed by atoms with Crippen LogP contribution in [0.15, 0.2) is 23.5 Å². The van der Waals surface area contributed by atoms with E-state index in [0.29, 0.717) is 12.7 Å². The molecular weight excluding hydrogens is 152 g/mol. The van der Waals surface area contributed by atoms with Crippen LogP contribution in [0.1, 0.15) is 20.3 Å². The topological polar surface area (TPSA) is 18.5 Å².